The number of carbonyl (C=O) groups is 1. The monoisotopic (exact) mass is 233 g/mol. The first kappa shape index (κ1) is 11.6. The topological polar surface area (TPSA) is 47.9 Å². The Hall–Kier alpha value is -1.84. The molecule has 1 heterocycles. The van der Waals surface area contributed by atoms with Gasteiger partial charge >= 0.3 is 5.97 Å². The SMILES string of the molecule is COC(=O)[C@@]1(Cc2ccccc2)COC(C)=N1. The summed E-state index contributed by atoms with van der Waals surface area (Å²) in [5, 5.41) is 0. The molecule has 1 aromatic rings. The quantitative estimate of drug-likeness (QED) is 0.745. The highest BCUT2D eigenvalue weighted by Crippen LogP contribution is 2.25. The Kier molecular flexibility index (Phi) is 3.13. The van der Waals surface area contributed by atoms with Crippen molar-refractivity contribution in [1.82, 2.24) is 0 Å². The summed E-state index contributed by atoms with van der Waals surface area (Å²) in [6.07, 6.45) is 0.498. The van der Waals surface area contributed by atoms with E-state index in [1.165, 1.54) is 7.11 Å². The van der Waals surface area contributed by atoms with Crippen LogP contribution in [-0.2, 0) is 20.7 Å². The van der Waals surface area contributed by atoms with E-state index < -0.39 is 5.54 Å². The van der Waals surface area contributed by atoms with Crippen LogP contribution in [0.2, 0.25) is 0 Å². The lowest BCUT2D eigenvalue weighted by atomic mass is 9.92. The fraction of sp³-hybridized carbons (Fsp3) is 0.385. The lowest BCUT2D eigenvalue weighted by molar-refractivity contribution is -0.147. The summed E-state index contributed by atoms with van der Waals surface area (Å²) >= 11 is 0. The number of esters is 1. The molecule has 4 heteroatoms. The molecule has 90 valence electrons. The molecule has 0 bridgehead atoms. The Balaban J connectivity index is 2.27. The molecule has 17 heavy (non-hydrogen) atoms. The lowest BCUT2D eigenvalue weighted by Crippen LogP contribution is -2.41. The first-order chi connectivity index (χ1) is 8.16. The van der Waals surface area contributed by atoms with Crippen molar-refractivity contribution in [2.45, 2.75) is 18.9 Å². The maximum atomic E-state index is 11.9. The van der Waals surface area contributed by atoms with Gasteiger partial charge < -0.3 is 9.47 Å². The van der Waals surface area contributed by atoms with Gasteiger partial charge in [0, 0.05) is 13.3 Å². The van der Waals surface area contributed by atoms with Gasteiger partial charge in [-0.15, -0.1) is 0 Å². The van der Waals surface area contributed by atoms with Crippen LogP contribution in [-0.4, -0.2) is 31.1 Å². The third-order valence-electron chi connectivity index (χ3n) is 2.80. The van der Waals surface area contributed by atoms with E-state index in [0.29, 0.717) is 12.3 Å². The highest BCUT2D eigenvalue weighted by atomic mass is 16.5. The Bertz CT molecular complexity index is 441. The maximum absolute atomic E-state index is 11.9. The van der Waals surface area contributed by atoms with Crippen molar-refractivity contribution in [2.24, 2.45) is 4.99 Å². The second-order valence-corrected chi connectivity index (χ2v) is 4.11. The predicted molar refractivity (Wildman–Crippen MR) is 64.0 cm³/mol. The maximum Gasteiger partial charge on any atom is 0.337 e. The van der Waals surface area contributed by atoms with Gasteiger partial charge in [0.15, 0.2) is 11.4 Å². The second-order valence-electron chi connectivity index (χ2n) is 4.11. The summed E-state index contributed by atoms with van der Waals surface area (Å²) in [5.41, 5.74) is 0.125. The van der Waals surface area contributed by atoms with Crippen molar-refractivity contribution in [3.8, 4) is 0 Å². The number of hydrogen-bond acceptors (Lipinski definition) is 4. The smallest absolute Gasteiger partial charge is 0.337 e. The molecule has 0 amide bonds. The van der Waals surface area contributed by atoms with E-state index in [2.05, 4.69) is 4.99 Å². The van der Waals surface area contributed by atoms with Crippen LogP contribution in [0.1, 0.15) is 12.5 Å². The van der Waals surface area contributed by atoms with E-state index >= 15 is 0 Å². The zero-order valence-electron chi connectivity index (χ0n) is 9.97. The average molecular weight is 233 g/mol. The van der Waals surface area contributed by atoms with Crippen LogP contribution >= 0.6 is 0 Å². The average Bonchev–Trinajstić information content (AvgIpc) is 2.72. The molecule has 0 aliphatic carbocycles. The Morgan fingerprint density at radius 1 is 1.47 bits per heavy atom. The van der Waals surface area contributed by atoms with Crippen LogP contribution in [0.5, 0.6) is 0 Å². The van der Waals surface area contributed by atoms with Gasteiger partial charge in [-0.1, -0.05) is 30.3 Å². The number of hydrogen-bond donors (Lipinski definition) is 0. The third kappa shape index (κ3) is 2.30. The van der Waals surface area contributed by atoms with Crippen molar-refractivity contribution in [3.05, 3.63) is 35.9 Å². The summed E-state index contributed by atoms with van der Waals surface area (Å²) in [6, 6.07) is 9.75. The zero-order chi connectivity index (χ0) is 12.3. The highest BCUT2D eigenvalue weighted by molar-refractivity contribution is 5.88. The van der Waals surface area contributed by atoms with Crippen molar-refractivity contribution >= 4 is 11.9 Å². The van der Waals surface area contributed by atoms with Crippen LogP contribution < -0.4 is 0 Å². The Morgan fingerprint density at radius 2 is 2.18 bits per heavy atom. The van der Waals surface area contributed by atoms with Gasteiger partial charge in [0.05, 0.1) is 7.11 Å². The van der Waals surface area contributed by atoms with Crippen LogP contribution in [0.25, 0.3) is 0 Å². The normalized spacial score (nSPS) is 22.8. The molecule has 0 radical (unpaired) electrons. The zero-order valence-corrected chi connectivity index (χ0v) is 9.97. The Labute approximate surface area is 100 Å². The molecule has 0 N–H and O–H groups in total. The van der Waals surface area contributed by atoms with E-state index in [4.69, 9.17) is 9.47 Å². The molecular formula is C13H15NO3. The van der Waals surface area contributed by atoms with Gasteiger partial charge in [-0.25, -0.2) is 9.79 Å². The van der Waals surface area contributed by atoms with Crippen LogP contribution in [0, 0.1) is 0 Å². The second kappa shape index (κ2) is 4.57. The molecule has 0 saturated carbocycles. The van der Waals surface area contributed by atoms with Crippen molar-refractivity contribution in [2.75, 3.05) is 13.7 Å². The fourth-order valence-electron chi connectivity index (χ4n) is 1.98. The number of benzene rings is 1. The predicted octanol–water partition coefficient (Wildman–Crippen LogP) is 1.59. The summed E-state index contributed by atoms with van der Waals surface area (Å²) in [4.78, 5) is 16.2. The molecule has 0 spiro atoms. The Morgan fingerprint density at radius 3 is 2.71 bits per heavy atom. The summed E-state index contributed by atoms with van der Waals surface area (Å²) < 4.78 is 10.1. The summed E-state index contributed by atoms with van der Waals surface area (Å²) in [6.45, 7) is 2.00. The third-order valence-corrected chi connectivity index (χ3v) is 2.80. The summed E-state index contributed by atoms with van der Waals surface area (Å²) in [7, 11) is 1.37. The van der Waals surface area contributed by atoms with Gasteiger partial charge in [0.2, 0.25) is 0 Å². The van der Waals surface area contributed by atoms with E-state index in [1.807, 2.05) is 30.3 Å². The largest absolute Gasteiger partial charge is 0.478 e. The van der Waals surface area contributed by atoms with E-state index in [-0.39, 0.29) is 12.6 Å². The lowest BCUT2D eigenvalue weighted by Gasteiger charge is -2.20. The molecule has 4 nitrogen and oxygen atoms in total. The minimum Gasteiger partial charge on any atom is -0.478 e. The van der Waals surface area contributed by atoms with Gasteiger partial charge in [-0.3, -0.25) is 0 Å². The van der Waals surface area contributed by atoms with Crippen molar-refractivity contribution < 1.29 is 14.3 Å². The number of rotatable bonds is 3. The van der Waals surface area contributed by atoms with Crippen LogP contribution in [0.3, 0.4) is 0 Å². The molecule has 0 unspecified atom stereocenters. The van der Waals surface area contributed by atoms with Gasteiger partial charge in [0.25, 0.3) is 0 Å². The van der Waals surface area contributed by atoms with E-state index in [9.17, 15) is 4.79 Å². The number of ether oxygens (including phenoxy) is 2. The number of aliphatic imine (C=N–C) groups is 1. The molecule has 0 aromatic heterocycles. The van der Waals surface area contributed by atoms with E-state index in [1.54, 1.807) is 6.92 Å². The molecule has 1 atom stereocenters. The van der Waals surface area contributed by atoms with Gasteiger partial charge in [-0.05, 0) is 5.56 Å². The van der Waals surface area contributed by atoms with Crippen molar-refractivity contribution in [1.29, 1.82) is 0 Å². The minimum absolute atomic E-state index is 0.250. The number of nitrogens with zero attached hydrogens (tertiary/aromatic N) is 1. The number of carbonyl (C=O) groups excluding carboxylic acids is 1. The first-order valence-corrected chi connectivity index (χ1v) is 5.48. The minimum atomic E-state index is -0.916. The van der Waals surface area contributed by atoms with Gasteiger partial charge in [-0.2, -0.15) is 0 Å². The highest BCUT2D eigenvalue weighted by Gasteiger charge is 2.44. The van der Waals surface area contributed by atoms with Crippen LogP contribution in [0.4, 0.5) is 0 Å². The van der Waals surface area contributed by atoms with Crippen molar-refractivity contribution in [3.63, 3.8) is 0 Å². The van der Waals surface area contributed by atoms with Gasteiger partial charge in [0.1, 0.15) is 6.61 Å². The molecular weight excluding hydrogens is 218 g/mol. The standard InChI is InChI=1S/C13H15NO3/c1-10-14-13(9-17-10,12(15)16-2)8-11-6-4-3-5-7-11/h3-7H,8-9H2,1-2H3/t13-/m1/s1. The molecule has 0 fully saturated rings. The fourth-order valence-corrected chi connectivity index (χ4v) is 1.98. The molecule has 1 aromatic carbocycles. The first-order valence-electron chi connectivity index (χ1n) is 5.48. The number of methoxy groups -OCH3 is 1. The molecule has 1 aliphatic heterocycles. The van der Waals surface area contributed by atoms with Crippen LogP contribution in [0.15, 0.2) is 35.3 Å². The summed E-state index contributed by atoms with van der Waals surface area (Å²) in [5.74, 6) is 0.185. The molecule has 2 rings (SSSR count). The molecule has 0 saturated heterocycles. The van der Waals surface area contributed by atoms with E-state index in [0.717, 1.165) is 5.56 Å². The molecule has 1 aliphatic rings.